The molecule has 4 rings (SSSR count). The molecular weight excluding hydrogens is 377 g/mol. The summed E-state index contributed by atoms with van der Waals surface area (Å²) in [6.07, 6.45) is 0.671. The molecule has 1 fully saturated rings. The number of rotatable bonds is 1. The molecule has 0 aromatic heterocycles. The van der Waals surface area contributed by atoms with E-state index in [2.05, 4.69) is 23.5 Å². The molecule has 0 radical (unpaired) electrons. The Labute approximate surface area is 158 Å². The van der Waals surface area contributed by atoms with Gasteiger partial charge in [-0.3, -0.25) is 4.79 Å². The number of halogens is 3. The number of aliphatic imine (C=N–C) groups is 1. The highest BCUT2D eigenvalue weighted by Crippen LogP contribution is 2.42. The summed E-state index contributed by atoms with van der Waals surface area (Å²) in [7, 11) is 0. The number of nitrogens with zero attached hydrogens (tertiary/aromatic N) is 1. The smallest absolute Gasteiger partial charge is 0.481 e. The number of aliphatic carboxylic acids is 2. The van der Waals surface area contributed by atoms with Crippen LogP contribution in [0.3, 0.4) is 0 Å². The summed E-state index contributed by atoms with van der Waals surface area (Å²) < 4.78 is 31.7. The summed E-state index contributed by atoms with van der Waals surface area (Å²) in [5.74, 6) is -3.53. The van der Waals surface area contributed by atoms with Gasteiger partial charge < -0.3 is 15.5 Å². The number of para-hydroxylation sites is 1. The lowest BCUT2D eigenvalue weighted by molar-refractivity contribution is -0.192. The first-order valence-corrected chi connectivity index (χ1v) is 8.54. The van der Waals surface area contributed by atoms with E-state index in [9.17, 15) is 23.1 Å². The predicted molar refractivity (Wildman–Crippen MR) is 95.1 cm³/mol. The second kappa shape index (κ2) is 7.49. The van der Waals surface area contributed by atoms with Gasteiger partial charge in [0.05, 0.1) is 17.3 Å². The van der Waals surface area contributed by atoms with Crippen LogP contribution in [0.15, 0.2) is 47.1 Å². The fraction of sp³-hybridized carbons (Fsp3) is 0.316. The van der Waals surface area contributed by atoms with Crippen LogP contribution < -0.4 is 5.32 Å². The summed E-state index contributed by atoms with van der Waals surface area (Å²) in [6, 6.07) is 8.14. The Morgan fingerprint density at radius 2 is 1.86 bits per heavy atom. The molecule has 9 heteroatoms. The monoisotopic (exact) mass is 394 g/mol. The van der Waals surface area contributed by atoms with Crippen LogP contribution >= 0.6 is 0 Å². The Morgan fingerprint density at radius 3 is 2.50 bits per heavy atom. The SMILES string of the molecule is O=C(O)C(F)(F)F.O=C(O)C1CNC2=C3C(=Nc4ccccc43)C=CCC2C1. The summed E-state index contributed by atoms with van der Waals surface area (Å²) >= 11 is 0. The minimum absolute atomic E-state index is 0.241. The predicted octanol–water partition coefficient (Wildman–Crippen LogP) is 3.39. The Balaban J connectivity index is 0.000000279. The molecule has 28 heavy (non-hydrogen) atoms. The van der Waals surface area contributed by atoms with Crippen LogP contribution in [0.25, 0.3) is 5.57 Å². The fourth-order valence-corrected chi connectivity index (χ4v) is 3.47. The van der Waals surface area contributed by atoms with Gasteiger partial charge in [0.1, 0.15) is 0 Å². The van der Waals surface area contributed by atoms with Crippen molar-refractivity contribution in [1.29, 1.82) is 0 Å². The second-order valence-electron chi connectivity index (χ2n) is 6.59. The van der Waals surface area contributed by atoms with Crippen LogP contribution in [0.5, 0.6) is 0 Å². The van der Waals surface area contributed by atoms with Crippen molar-refractivity contribution in [2.75, 3.05) is 6.54 Å². The molecule has 2 heterocycles. The highest BCUT2D eigenvalue weighted by Gasteiger charge is 2.38. The maximum atomic E-state index is 11.2. The summed E-state index contributed by atoms with van der Waals surface area (Å²) in [5, 5.41) is 19.8. The summed E-state index contributed by atoms with van der Waals surface area (Å²) in [6.45, 7) is 0.500. The zero-order valence-corrected chi connectivity index (χ0v) is 14.5. The number of piperidine rings is 1. The average Bonchev–Trinajstić information content (AvgIpc) is 2.89. The second-order valence-corrected chi connectivity index (χ2v) is 6.59. The van der Waals surface area contributed by atoms with Gasteiger partial charge in [-0.2, -0.15) is 13.2 Å². The van der Waals surface area contributed by atoms with E-state index in [1.54, 1.807) is 0 Å². The largest absolute Gasteiger partial charge is 0.490 e. The molecule has 6 nitrogen and oxygen atoms in total. The Hall–Kier alpha value is -3.10. The van der Waals surface area contributed by atoms with Crippen LogP contribution in [0, 0.1) is 11.8 Å². The molecule has 148 valence electrons. The van der Waals surface area contributed by atoms with Gasteiger partial charge in [0.15, 0.2) is 0 Å². The summed E-state index contributed by atoms with van der Waals surface area (Å²) in [4.78, 5) is 24.8. The molecule has 2 unspecified atom stereocenters. The molecule has 3 aliphatic rings. The van der Waals surface area contributed by atoms with Gasteiger partial charge in [0.2, 0.25) is 0 Å². The van der Waals surface area contributed by atoms with Gasteiger partial charge in [-0.1, -0.05) is 24.3 Å². The number of hydrogen-bond acceptors (Lipinski definition) is 4. The number of allylic oxidation sites excluding steroid dienone is 4. The number of alkyl halides is 3. The van der Waals surface area contributed by atoms with Gasteiger partial charge in [-0.15, -0.1) is 0 Å². The Kier molecular flexibility index (Phi) is 5.26. The molecule has 0 spiro atoms. The van der Waals surface area contributed by atoms with Crippen molar-refractivity contribution in [3.8, 4) is 0 Å². The van der Waals surface area contributed by atoms with E-state index in [1.165, 1.54) is 5.70 Å². The molecule has 2 atom stereocenters. The van der Waals surface area contributed by atoms with Crippen molar-refractivity contribution in [2.24, 2.45) is 16.8 Å². The molecule has 1 aromatic rings. The topological polar surface area (TPSA) is 99.0 Å². The van der Waals surface area contributed by atoms with E-state index in [4.69, 9.17) is 14.9 Å². The number of carboxylic acids is 2. The van der Waals surface area contributed by atoms with Crippen molar-refractivity contribution in [1.82, 2.24) is 5.32 Å². The number of fused-ring (bicyclic) bond motifs is 4. The highest BCUT2D eigenvalue weighted by molar-refractivity contribution is 6.34. The first-order chi connectivity index (χ1) is 13.2. The van der Waals surface area contributed by atoms with Crippen molar-refractivity contribution in [3.05, 3.63) is 47.7 Å². The minimum Gasteiger partial charge on any atom is -0.481 e. The number of nitrogens with one attached hydrogen (secondary N) is 1. The molecule has 3 N–H and O–H groups in total. The average molecular weight is 394 g/mol. The lowest BCUT2D eigenvalue weighted by Gasteiger charge is -2.31. The first-order valence-electron chi connectivity index (χ1n) is 8.54. The van der Waals surface area contributed by atoms with Crippen LogP contribution in [0.4, 0.5) is 18.9 Å². The van der Waals surface area contributed by atoms with Crippen molar-refractivity contribution < 1.29 is 33.0 Å². The Morgan fingerprint density at radius 1 is 1.18 bits per heavy atom. The standard InChI is InChI=1S/C17H16N2O2.C2HF3O2/c20-17(21)11-8-10-4-3-7-14-15(16(10)18-9-11)12-5-1-2-6-13(12)19-14;3-2(4,5)1(6)7/h1-3,5-7,10-11,18H,4,8-9H2,(H,20,21);(H,6,7). The van der Waals surface area contributed by atoms with E-state index in [0.717, 1.165) is 29.0 Å². The molecule has 0 bridgehead atoms. The number of carboxylic acid groups (broad SMARTS) is 2. The highest BCUT2D eigenvalue weighted by atomic mass is 19.4. The normalized spacial score (nSPS) is 22.5. The molecule has 2 aliphatic heterocycles. The first kappa shape index (κ1) is 19.7. The molecule has 1 aromatic carbocycles. The quantitative estimate of drug-likeness (QED) is 0.678. The van der Waals surface area contributed by atoms with E-state index in [0.29, 0.717) is 13.0 Å². The van der Waals surface area contributed by atoms with Gasteiger partial charge in [-0.25, -0.2) is 9.79 Å². The number of carbonyl (C=O) groups is 2. The molecule has 0 amide bonds. The van der Waals surface area contributed by atoms with Crippen molar-refractivity contribution in [2.45, 2.75) is 19.0 Å². The molecule has 1 saturated heterocycles. The van der Waals surface area contributed by atoms with E-state index in [-0.39, 0.29) is 11.8 Å². The molecule has 1 aliphatic carbocycles. The third-order valence-electron chi connectivity index (χ3n) is 4.74. The Bertz CT molecular complexity index is 903. The van der Waals surface area contributed by atoms with Crippen LogP contribution in [-0.4, -0.2) is 40.6 Å². The fourth-order valence-electron chi connectivity index (χ4n) is 3.47. The maximum Gasteiger partial charge on any atom is 0.490 e. The van der Waals surface area contributed by atoms with E-state index < -0.39 is 18.1 Å². The zero-order valence-electron chi connectivity index (χ0n) is 14.5. The van der Waals surface area contributed by atoms with Gasteiger partial charge in [0, 0.05) is 29.3 Å². The third kappa shape index (κ3) is 3.92. The van der Waals surface area contributed by atoms with Gasteiger partial charge in [-0.05, 0) is 25.0 Å². The van der Waals surface area contributed by atoms with Crippen molar-refractivity contribution in [3.63, 3.8) is 0 Å². The third-order valence-corrected chi connectivity index (χ3v) is 4.74. The molecular formula is C19H17F3N2O4. The van der Waals surface area contributed by atoms with Crippen LogP contribution in [0.1, 0.15) is 18.4 Å². The van der Waals surface area contributed by atoms with Crippen LogP contribution in [0.2, 0.25) is 0 Å². The molecule has 0 saturated carbocycles. The van der Waals surface area contributed by atoms with E-state index >= 15 is 0 Å². The zero-order chi connectivity index (χ0) is 20.5. The van der Waals surface area contributed by atoms with Crippen molar-refractivity contribution >= 4 is 28.9 Å². The van der Waals surface area contributed by atoms with Crippen LogP contribution in [-0.2, 0) is 9.59 Å². The van der Waals surface area contributed by atoms with E-state index in [1.807, 2.05) is 18.2 Å². The van der Waals surface area contributed by atoms with Gasteiger partial charge >= 0.3 is 18.1 Å². The number of benzene rings is 1. The number of hydrogen-bond donors (Lipinski definition) is 3. The lowest BCUT2D eigenvalue weighted by atomic mass is 9.83. The maximum absolute atomic E-state index is 11.2. The summed E-state index contributed by atoms with van der Waals surface area (Å²) in [5.41, 5.74) is 5.48. The lowest BCUT2D eigenvalue weighted by Crippen LogP contribution is -2.38. The minimum atomic E-state index is -5.08. The van der Waals surface area contributed by atoms with Gasteiger partial charge in [0.25, 0.3) is 0 Å².